The summed E-state index contributed by atoms with van der Waals surface area (Å²) in [4.78, 5) is 17.1. The van der Waals surface area contributed by atoms with Gasteiger partial charge in [-0.1, -0.05) is 29.7 Å². The Bertz CT molecular complexity index is 881. The maximum atomic E-state index is 12.1. The normalized spacial score (nSPS) is 16.7. The average molecular weight is 369 g/mol. The second-order valence-corrected chi connectivity index (χ2v) is 6.49. The van der Waals surface area contributed by atoms with E-state index >= 15 is 0 Å². The minimum Gasteiger partial charge on any atom is -0.481 e. The lowest BCUT2D eigenvalue weighted by Crippen LogP contribution is -2.19. The highest BCUT2D eigenvalue weighted by atomic mass is 35.5. The van der Waals surface area contributed by atoms with Gasteiger partial charge in [-0.15, -0.1) is 6.42 Å². The summed E-state index contributed by atoms with van der Waals surface area (Å²) in [6, 6.07) is 14.4. The average Bonchev–Trinajstić information content (AvgIpc) is 2.95. The molecule has 0 radical (unpaired) electrons. The summed E-state index contributed by atoms with van der Waals surface area (Å²) >= 11 is 7.14. The number of carbonyl (C=O) groups is 1. The zero-order valence-electron chi connectivity index (χ0n) is 13.0. The van der Waals surface area contributed by atoms with E-state index in [9.17, 15) is 4.79 Å². The number of amides is 1. The van der Waals surface area contributed by atoms with Gasteiger partial charge >= 0.3 is 0 Å². The summed E-state index contributed by atoms with van der Waals surface area (Å²) in [5.74, 6) is 2.93. The second kappa shape index (κ2) is 7.93. The Kier molecular flexibility index (Phi) is 5.44. The van der Waals surface area contributed by atoms with Crippen LogP contribution in [0, 0.1) is 12.3 Å². The molecule has 2 aromatic rings. The first-order chi connectivity index (χ1) is 12.1. The van der Waals surface area contributed by atoms with E-state index in [4.69, 9.17) is 22.8 Å². The molecule has 1 fully saturated rings. The number of benzene rings is 2. The van der Waals surface area contributed by atoms with Gasteiger partial charge in [-0.2, -0.15) is 0 Å². The van der Waals surface area contributed by atoms with E-state index in [1.165, 1.54) is 11.8 Å². The van der Waals surface area contributed by atoms with Crippen LogP contribution in [0.2, 0.25) is 5.02 Å². The number of hydrogen-bond acceptors (Lipinski definition) is 4. The number of halogens is 1. The predicted octanol–water partition coefficient (Wildman–Crippen LogP) is 4.24. The monoisotopic (exact) mass is 368 g/mol. The van der Waals surface area contributed by atoms with Gasteiger partial charge in [0.05, 0.1) is 10.6 Å². The summed E-state index contributed by atoms with van der Waals surface area (Å²) in [7, 11) is 0. The number of carbonyl (C=O) groups excluding carboxylic acids is 1. The number of nitrogens with one attached hydrogen (secondary N) is 1. The fourth-order valence-electron chi connectivity index (χ4n) is 2.05. The summed E-state index contributed by atoms with van der Waals surface area (Å²) in [6.45, 7) is 0.225. The number of terminal acetylenes is 1. The molecule has 1 heterocycles. The van der Waals surface area contributed by atoms with E-state index in [2.05, 4.69) is 16.2 Å². The topological polar surface area (TPSA) is 50.7 Å². The number of rotatable bonds is 4. The molecule has 0 aliphatic carbocycles. The van der Waals surface area contributed by atoms with Crippen molar-refractivity contribution in [2.24, 2.45) is 4.99 Å². The molecule has 1 amide bonds. The van der Waals surface area contributed by atoms with Crippen LogP contribution < -0.4 is 10.1 Å². The van der Waals surface area contributed by atoms with Crippen LogP contribution in [0.25, 0.3) is 6.08 Å². The van der Waals surface area contributed by atoms with Crippen LogP contribution in [-0.2, 0) is 4.79 Å². The van der Waals surface area contributed by atoms with E-state index < -0.39 is 0 Å². The van der Waals surface area contributed by atoms with Gasteiger partial charge < -0.3 is 10.1 Å². The number of aliphatic imine (C=N–C) groups is 1. The van der Waals surface area contributed by atoms with Crippen molar-refractivity contribution < 1.29 is 9.53 Å². The molecule has 2 aromatic carbocycles. The van der Waals surface area contributed by atoms with Gasteiger partial charge in [-0.05, 0) is 59.8 Å². The molecule has 25 heavy (non-hydrogen) atoms. The third kappa shape index (κ3) is 4.66. The van der Waals surface area contributed by atoms with Crippen LogP contribution in [0.15, 0.2) is 58.4 Å². The molecule has 0 atom stereocenters. The molecule has 0 unspecified atom stereocenters. The molecule has 4 nitrogen and oxygen atoms in total. The van der Waals surface area contributed by atoms with E-state index in [0.29, 0.717) is 20.8 Å². The van der Waals surface area contributed by atoms with Crippen LogP contribution in [0.5, 0.6) is 5.75 Å². The Morgan fingerprint density at radius 2 is 1.92 bits per heavy atom. The lowest BCUT2D eigenvalue weighted by Gasteiger charge is -2.02. The first-order valence-electron chi connectivity index (χ1n) is 7.35. The summed E-state index contributed by atoms with van der Waals surface area (Å²) in [6.07, 6.45) is 6.96. The van der Waals surface area contributed by atoms with Crippen molar-refractivity contribution in [1.82, 2.24) is 5.32 Å². The minimum atomic E-state index is -0.176. The van der Waals surface area contributed by atoms with Gasteiger partial charge in [0.25, 0.3) is 5.91 Å². The fourth-order valence-corrected chi connectivity index (χ4v) is 3.02. The summed E-state index contributed by atoms with van der Waals surface area (Å²) in [5.41, 5.74) is 1.61. The van der Waals surface area contributed by atoms with Crippen molar-refractivity contribution in [1.29, 1.82) is 0 Å². The smallest absolute Gasteiger partial charge is 0.264 e. The molecule has 0 bridgehead atoms. The fraction of sp³-hybridized carbons (Fsp3) is 0.0526. The quantitative estimate of drug-likeness (QED) is 0.648. The molecule has 1 aliphatic heterocycles. The standard InChI is InChI=1S/C19H13ClN2O2S/c1-2-11-24-16-9-3-13(4-10-16)12-17-18(23)22-19(25-17)21-15-7-5-14(20)6-8-15/h1,3-10,12H,11H2,(H,21,22,23)/b17-12-. The van der Waals surface area contributed by atoms with Crippen molar-refractivity contribution >= 4 is 46.2 Å². The minimum absolute atomic E-state index is 0.176. The maximum Gasteiger partial charge on any atom is 0.264 e. The number of ether oxygens (including phenoxy) is 1. The summed E-state index contributed by atoms with van der Waals surface area (Å²) in [5, 5.41) is 3.93. The van der Waals surface area contributed by atoms with Gasteiger partial charge in [0, 0.05) is 5.02 Å². The highest BCUT2D eigenvalue weighted by Gasteiger charge is 2.23. The lowest BCUT2D eigenvalue weighted by molar-refractivity contribution is -0.115. The van der Waals surface area contributed by atoms with Crippen LogP contribution in [0.1, 0.15) is 5.56 Å². The molecular formula is C19H13ClN2O2S. The van der Waals surface area contributed by atoms with E-state index in [1.54, 1.807) is 30.3 Å². The molecule has 1 aliphatic rings. The highest BCUT2D eigenvalue weighted by Crippen LogP contribution is 2.28. The summed E-state index contributed by atoms with van der Waals surface area (Å²) < 4.78 is 5.32. The zero-order valence-corrected chi connectivity index (χ0v) is 14.6. The Labute approximate surface area is 154 Å². The third-order valence-electron chi connectivity index (χ3n) is 3.21. The van der Waals surface area contributed by atoms with Crippen molar-refractivity contribution in [2.45, 2.75) is 0 Å². The number of hydrogen-bond donors (Lipinski definition) is 1. The van der Waals surface area contributed by atoms with Crippen LogP contribution in [0.3, 0.4) is 0 Å². The van der Waals surface area contributed by atoms with Crippen molar-refractivity contribution in [3.63, 3.8) is 0 Å². The van der Waals surface area contributed by atoms with Gasteiger partial charge in [-0.25, -0.2) is 4.99 Å². The Morgan fingerprint density at radius 3 is 2.60 bits per heavy atom. The van der Waals surface area contributed by atoms with Gasteiger partial charge in [0.2, 0.25) is 0 Å². The molecule has 3 rings (SSSR count). The van der Waals surface area contributed by atoms with Gasteiger partial charge in [0.1, 0.15) is 12.4 Å². The van der Waals surface area contributed by atoms with E-state index in [0.717, 1.165) is 11.3 Å². The van der Waals surface area contributed by atoms with Crippen molar-refractivity contribution in [2.75, 3.05) is 6.61 Å². The first kappa shape index (κ1) is 17.2. The Morgan fingerprint density at radius 1 is 1.20 bits per heavy atom. The molecular weight excluding hydrogens is 356 g/mol. The van der Waals surface area contributed by atoms with Crippen LogP contribution in [0.4, 0.5) is 5.69 Å². The third-order valence-corrected chi connectivity index (χ3v) is 4.37. The van der Waals surface area contributed by atoms with Crippen LogP contribution in [-0.4, -0.2) is 17.7 Å². The number of thioether (sulfide) groups is 1. The molecule has 6 heteroatoms. The number of nitrogens with zero attached hydrogens (tertiary/aromatic N) is 1. The lowest BCUT2D eigenvalue weighted by atomic mass is 10.2. The van der Waals surface area contributed by atoms with Gasteiger partial charge in [-0.3, -0.25) is 4.79 Å². The maximum absolute atomic E-state index is 12.1. The highest BCUT2D eigenvalue weighted by molar-refractivity contribution is 8.18. The van der Waals surface area contributed by atoms with Gasteiger partial charge in [0.15, 0.2) is 5.17 Å². The molecule has 1 saturated heterocycles. The SMILES string of the molecule is C#CCOc1ccc(/C=C2\SC(=Nc3ccc(Cl)cc3)NC2=O)cc1. The zero-order chi connectivity index (χ0) is 17.6. The molecule has 0 saturated carbocycles. The molecule has 0 spiro atoms. The first-order valence-corrected chi connectivity index (χ1v) is 8.55. The number of amidine groups is 1. The largest absolute Gasteiger partial charge is 0.481 e. The van der Waals surface area contributed by atoms with E-state index in [1.807, 2.05) is 24.3 Å². The molecule has 0 aromatic heterocycles. The molecule has 124 valence electrons. The van der Waals surface area contributed by atoms with E-state index in [-0.39, 0.29) is 12.5 Å². The Balaban J connectivity index is 1.72. The Hall–Kier alpha value is -2.68. The second-order valence-electron chi connectivity index (χ2n) is 5.02. The van der Waals surface area contributed by atoms with Crippen molar-refractivity contribution in [3.8, 4) is 18.1 Å². The van der Waals surface area contributed by atoms with Crippen molar-refractivity contribution in [3.05, 3.63) is 64.0 Å². The molecule has 1 N–H and O–H groups in total. The predicted molar refractivity (Wildman–Crippen MR) is 103 cm³/mol. The van der Waals surface area contributed by atoms with Crippen LogP contribution >= 0.6 is 23.4 Å².